The molecule has 2 aromatic heterocycles. The van der Waals surface area contributed by atoms with Crippen LogP contribution in [0, 0.1) is 5.92 Å². The van der Waals surface area contributed by atoms with Crippen LogP contribution in [0.3, 0.4) is 0 Å². The van der Waals surface area contributed by atoms with Gasteiger partial charge in [-0.15, -0.1) is 21.5 Å². The highest BCUT2D eigenvalue weighted by Crippen LogP contribution is 2.35. The third-order valence-corrected chi connectivity index (χ3v) is 5.99. The van der Waals surface area contributed by atoms with Crippen molar-refractivity contribution in [3.05, 3.63) is 26.4 Å². The van der Waals surface area contributed by atoms with E-state index in [9.17, 15) is 18.0 Å². The largest absolute Gasteiger partial charge is 0.445 e. The van der Waals surface area contributed by atoms with Gasteiger partial charge in [-0.25, -0.2) is 0 Å². The standard InChI is InChI=1S/C14H14F3N3OS2/c1-2-7-3-4-9-8(5-7)6-10(22-9)11(21)18-13-20-19-12(23-13)14(15,16)17/h6-7H,2-5H2,1H3,(H,18,20,21)/t7-/m1/s1. The van der Waals surface area contributed by atoms with Crippen LogP contribution < -0.4 is 5.32 Å². The first kappa shape index (κ1) is 16.4. The van der Waals surface area contributed by atoms with Crippen LogP contribution >= 0.6 is 22.7 Å². The van der Waals surface area contributed by atoms with Crippen molar-refractivity contribution in [1.82, 2.24) is 10.2 Å². The molecule has 1 aliphatic rings. The lowest BCUT2D eigenvalue weighted by atomic mass is 9.87. The Morgan fingerprint density at radius 2 is 2.17 bits per heavy atom. The number of thiophene rings is 1. The number of carbonyl (C=O) groups is 1. The summed E-state index contributed by atoms with van der Waals surface area (Å²) in [5, 5.41) is 7.63. The van der Waals surface area contributed by atoms with Crippen molar-refractivity contribution in [2.75, 3.05) is 5.32 Å². The average molecular weight is 361 g/mol. The van der Waals surface area contributed by atoms with E-state index in [1.54, 1.807) is 0 Å². The molecular weight excluding hydrogens is 347 g/mol. The van der Waals surface area contributed by atoms with Gasteiger partial charge in [-0.2, -0.15) is 13.2 Å². The molecule has 23 heavy (non-hydrogen) atoms. The molecule has 0 saturated carbocycles. The molecule has 0 bridgehead atoms. The van der Waals surface area contributed by atoms with E-state index < -0.39 is 17.1 Å². The van der Waals surface area contributed by atoms with Gasteiger partial charge >= 0.3 is 6.18 Å². The zero-order valence-electron chi connectivity index (χ0n) is 12.2. The first-order valence-corrected chi connectivity index (χ1v) is 8.83. The molecule has 0 spiro atoms. The van der Waals surface area contributed by atoms with Crippen molar-refractivity contribution in [3.8, 4) is 0 Å². The predicted octanol–water partition coefficient (Wildman–Crippen LogP) is 4.39. The highest BCUT2D eigenvalue weighted by Gasteiger charge is 2.36. The van der Waals surface area contributed by atoms with Crippen LogP contribution in [0.25, 0.3) is 0 Å². The number of aryl methyl sites for hydroxylation is 1. The topological polar surface area (TPSA) is 54.9 Å². The van der Waals surface area contributed by atoms with Gasteiger partial charge in [-0.1, -0.05) is 24.7 Å². The molecule has 0 radical (unpaired) electrons. The second-order valence-corrected chi connectivity index (χ2v) is 7.55. The van der Waals surface area contributed by atoms with E-state index in [2.05, 4.69) is 22.4 Å². The Kier molecular flexibility index (Phi) is 4.41. The number of nitrogens with one attached hydrogen (secondary N) is 1. The lowest BCUT2D eigenvalue weighted by Crippen LogP contribution is -2.11. The molecule has 0 aliphatic heterocycles. The van der Waals surface area contributed by atoms with E-state index in [1.165, 1.54) is 21.8 Å². The molecule has 1 aliphatic carbocycles. The van der Waals surface area contributed by atoms with Crippen molar-refractivity contribution < 1.29 is 18.0 Å². The Morgan fingerprint density at radius 1 is 1.39 bits per heavy atom. The van der Waals surface area contributed by atoms with Crippen molar-refractivity contribution in [2.24, 2.45) is 5.92 Å². The van der Waals surface area contributed by atoms with Gasteiger partial charge in [0.15, 0.2) is 0 Å². The van der Waals surface area contributed by atoms with Gasteiger partial charge in [-0.05, 0) is 36.8 Å². The number of amides is 1. The molecular formula is C14H14F3N3OS2. The molecule has 1 amide bonds. The number of rotatable bonds is 3. The molecule has 1 atom stereocenters. The summed E-state index contributed by atoms with van der Waals surface area (Å²) >= 11 is 1.74. The number of nitrogens with zero attached hydrogens (tertiary/aromatic N) is 2. The number of anilines is 1. The van der Waals surface area contributed by atoms with Crippen molar-refractivity contribution in [2.45, 2.75) is 38.8 Å². The molecule has 0 aromatic carbocycles. The normalized spacial score (nSPS) is 17.8. The van der Waals surface area contributed by atoms with Crippen molar-refractivity contribution >= 4 is 33.7 Å². The van der Waals surface area contributed by atoms with Gasteiger partial charge < -0.3 is 0 Å². The SMILES string of the molecule is CC[C@@H]1CCc2sc(C(=O)Nc3nnc(C(F)(F)F)s3)cc2C1. The second kappa shape index (κ2) is 6.20. The number of fused-ring (bicyclic) bond motifs is 1. The van der Waals surface area contributed by atoms with Gasteiger partial charge in [0.2, 0.25) is 10.1 Å². The van der Waals surface area contributed by atoms with Crippen LogP contribution in [0.4, 0.5) is 18.3 Å². The minimum Gasteiger partial charge on any atom is -0.296 e. The fourth-order valence-corrected chi connectivity index (χ4v) is 4.32. The lowest BCUT2D eigenvalue weighted by Gasteiger charge is -2.19. The Bertz CT molecular complexity index is 723. The van der Waals surface area contributed by atoms with Crippen molar-refractivity contribution in [1.29, 1.82) is 0 Å². The van der Waals surface area contributed by atoms with Gasteiger partial charge in [-0.3, -0.25) is 10.1 Å². The van der Waals surface area contributed by atoms with Crippen LogP contribution in [0.15, 0.2) is 6.07 Å². The number of halogens is 3. The minimum absolute atomic E-state index is 0.139. The molecule has 0 unspecified atom stereocenters. The minimum atomic E-state index is -4.54. The Morgan fingerprint density at radius 3 is 2.83 bits per heavy atom. The van der Waals surface area contributed by atoms with Gasteiger partial charge in [0.05, 0.1) is 4.88 Å². The molecule has 1 N–H and O–H groups in total. The molecule has 2 heterocycles. The molecule has 9 heteroatoms. The summed E-state index contributed by atoms with van der Waals surface area (Å²) in [6.45, 7) is 2.16. The summed E-state index contributed by atoms with van der Waals surface area (Å²) in [5.41, 5.74) is 1.19. The summed E-state index contributed by atoms with van der Waals surface area (Å²) in [5.74, 6) is 0.216. The highest BCUT2D eigenvalue weighted by molar-refractivity contribution is 7.16. The van der Waals surface area contributed by atoms with Crippen LogP contribution in [0.5, 0.6) is 0 Å². The number of hydrogen-bond acceptors (Lipinski definition) is 5. The maximum atomic E-state index is 12.5. The maximum absolute atomic E-state index is 12.5. The zero-order valence-corrected chi connectivity index (χ0v) is 13.9. The Balaban J connectivity index is 1.72. The van der Waals surface area contributed by atoms with Crippen LogP contribution in [0.1, 0.15) is 44.9 Å². The molecule has 124 valence electrons. The molecule has 0 saturated heterocycles. The fourth-order valence-electron chi connectivity index (χ4n) is 2.61. The third kappa shape index (κ3) is 3.55. The number of carbonyl (C=O) groups excluding carboxylic acids is 1. The smallest absolute Gasteiger partial charge is 0.296 e. The summed E-state index contributed by atoms with van der Waals surface area (Å²) in [6.07, 6.45) is -0.383. The predicted molar refractivity (Wildman–Crippen MR) is 83.0 cm³/mol. The van der Waals surface area contributed by atoms with E-state index in [-0.39, 0.29) is 5.13 Å². The summed E-state index contributed by atoms with van der Waals surface area (Å²) < 4.78 is 37.5. The van der Waals surface area contributed by atoms with Gasteiger partial charge in [0.1, 0.15) is 0 Å². The summed E-state index contributed by atoms with van der Waals surface area (Å²) in [4.78, 5) is 13.9. The first-order valence-electron chi connectivity index (χ1n) is 7.20. The highest BCUT2D eigenvalue weighted by atomic mass is 32.1. The van der Waals surface area contributed by atoms with E-state index in [1.807, 2.05) is 6.07 Å². The lowest BCUT2D eigenvalue weighted by molar-refractivity contribution is -0.138. The summed E-state index contributed by atoms with van der Waals surface area (Å²) in [7, 11) is 0. The fraction of sp³-hybridized carbons (Fsp3) is 0.500. The Hall–Kier alpha value is -1.48. The third-order valence-electron chi connectivity index (χ3n) is 3.87. The molecule has 2 aromatic rings. The second-order valence-electron chi connectivity index (χ2n) is 5.44. The van der Waals surface area contributed by atoms with Gasteiger partial charge in [0, 0.05) is 4.88 Å². The molecule has 3 rings (SSSR count). The molecule has 4 nitrogen and oxygen atoms in total. The zero-order chi connectivity index (χ0) is 16.6. The number of aromatic nitrogens is 2. The molecule has 0 fully saturated rings. The van der Waals surface area contributed by atoms with Gasteiger partial charge in [0.25, 0.3) is 5.91 Å². The van der Waals surface area contributed by atoms with Crippen LogP contribution in [-0.2, 0) is 19.0 Å². The van der Waals surface area contributed by atoms with Crippen LogP contribution in [0.2, 0.25) is 0 Å². The van der Waals surface area contributed by atoms with E-state index in [4.69, 9.17) is 0 Å². The number of alkyl halides is 3. The van der Waals surface area contributed by atoms with E-state index >= 15 is 0 Å². The Labute approximate surface area is 138 Å². The van der Waals surface area contributed by atoms with Crippen LogP contribution in [-0.4, -0.2) is 16.1 Å². The average Bonchev–Trinajstić information content (AvgIpc) is 3.11. The maximum Gasteiger partial charge on any atom is 0.445 e. The van der Waals surface area contributed by atoms with E-state index in [0.717, 1.165) is 25.7 Å². The summed E-state index contributed by atoms with van der Waals surface area (Å²) in [6, 6.07) is 1.85. The monoisotopic (exact) mass is 361 g/mol. The first-order chi connectivity index (χ1) is 10.9. The number of hydrogen-bond donors (Lipinski definition) is 1. The van der Waals surface area contributed by atoms with Crippen molar-refractivity contribution in [3.63, 3.8) is 0 Å². The quantitative estimate of drug-likeness (QED) is 0.882. The van der Waals surface area contributed by atoms with E-state index in [0.29, 0.717) is 22.1 Å².